The van der Waals surface area contributed by atoms with Crippen LogP contribution < -0.4 is 0 Å². The minimum atomic E-state index is 0.296. The Labute approximate surface area is 92.7 Å². The van der Waals surface area contributed by atoms with Crippen molar-refractivity contribution in [3.05, 3.63) is 29.0 Å². The molecule has 15 heavy (non-hydrogen) atoms. The Balaban J connectivity index is 2.83. The van der Waals surface area contributed by atoms with E-state index in [1.165, 1.54) is 0 Å². The highest BCUT2D eigenvalue weighted by Gasteiger charge is 2.10. The highest BCUT2D eigenvalue weighted by molar-refractivity contribution is 6.30. The summed E-state index contributed by atoms with van der Waals surface area (Å²) < 4.78 is 2.02. The number of nitrogens with zero attached hydrogens (tertiary/aromatic N) is 2. The fourth-order valence-corrected chi connectivity index (χ4v) is 1.90. The van der Waals surface area contributed by atoms with Crippen LogP contribution in [0.4, 0.5) is 0 Å². The van der Waals surface area contributed by atoms with Crippen LogP contribution >= 0.6 is 11.6 Å². The lowest BCUT2D eigenvalue weighted by Crippen LogP contribution is -2.01. The molecule has 0 saturated heterocycles. The Hall–Kier alpha value is -1.35. The second kappa shape index (κ2) is 3.66. The van der Waals surface area contributed by atoms with Gasteiger partial charge in [0.05, 0.1) is 11.0 Å². The van der Waals surface area contributed by atoms with E-state index in [1.54, 1.807) is 6.07 Å². The van der Waals surface area contributed by atoms with E-state index in [2.05, 4.69) is 18.8 Å². The van der Waals surface area contributed by atoms with Crippen LogP contribution in [0.5, 0.6) is 0 Å². The van der Waals surface area contributed by atoms with Crippen LogP contribution in [0.15, 0.2) is 18.3 Å². The third-order valence-corrected chi connectivity index (χ3v) is 2.55. The SMILES string of the molecule is CC(C)n1ccc2nc(Cl)cc(C=O)c21. The van der Waals surface area contributed by atoms with Gasteiger partial charge in [-0.15, -0.1) is 0 Å². The number of fused-ring (bicyclic) bond motifs is 1. The van der Waals surface area contributed by atoms with Crippen molar-refractivity contribution in [2.45, 2.75) is 19.9 Å². The number of hydrogen-bond donors (Lipinski definition) is 0. The van der Waals surface area contributed by atoms with E-state index in [0.717, 1.165) is 17.3 Å². The van der Waals surface area contributed by atoms with Gasteiger partial charge in [0.25, 0.3) is 0 Å². The molecule has 2 aromatic rings. The van der Waals surface area contributed by atoms with Crippen molar-refractivity contribution in [1.29, 1.82) is 0 Å². The molecule has 2 aromatic heterocycles. The van der Waals surface area contributed by atoms with E-state index in [1.807, 2.05) is 16.8 Å². The summed E-state index contributed by atoms with van der Waals surface area (Å²) in [6, 6.07) is 3.76. The number of halogens is 1. The molecule has 0 atom stereocenters. The van der Waals surface area contributed by atoms with Gasteiger partial charge >= 0.3 is 0 Å². The Kier molecular flexibility index (Phi) is 2.49. The minimum absolute atomic E-state index is 0.296. The molecule has 0 aliphatic rings. The highest BCUT2D eigenvalue weighted by atomic mass is 35.5. The summed E-state index contributed by atoms with van der Waals surface area (Å²) in [5.74, 6) is 0. The van der Waals surface area contributed by atoms with Crippen molar-refractivity contribution in [2.75, 3.05) is 0 Å². The molecule has 0 amide bonds. The van der Waals surface area contributed by atoms with Gasteiger partial charge in [-0.1, -0.05) is 11.6 Å². The molecule has 0 fully saturated rings. The number of pyridine rings is 1. The van der Waals surface area contributed by atoms with E-state index < -0.39 is 0 Å². The standard InChI is InChI=1S/C11H11ClN2O/c1-7(2)14-4-3-9-11(14)8(6-15)5-10(12)13-9/h3-7H,1-2H3. The summed E-state index contributed by atoms with van der Waals surface area (Å²) in [5, 5.41) is 0.353. The predicted molar refractivity (Wildman–Crippen MR) is 60.5 cm³/mol. The largest absolute Gasteiger partial charge is 0.343 e. The van der Waals surface area contributed by atoms with Crippen LogP contribution in [0.25, 0.3) is 11.0 Å². The first kappa shape index (κ1) is 10.2. The van der Waals surface area contributed by atoms with Crippen molar-refractivity contribution >= 4 is 28.9 Å². The molecule has 0 N–H and O–H groups in total. The lowest BCUT2D eigenvalue weighted by molar-refractivity contribution is 0.112. The summed E-state index contributed by atoms with van der Waals surface area (Å²) >= 11 is 5.81. The Morgan fingerprint density at radius 2 is 2.27 bits per heavy atom. The molecular weight excluding hydrogens is 212 g/mol. The molecule has 3 nitrogen and oxygen atoms in total. The average molecular weight is 223 g/mol. The van der Waals surface area contributed by atoms with Crippen LogP contribution in [0.1, 0.15) is 30.2 Å². The molecule has 2 rings (SSSR count). The minimum Gasteiger partial charge on any atom is -0.343 e. The molecule has 0 radical (unpaired) electrons. The third-order valence-electron chi connectivity index (χ3n) is 2.35. The monoisotopic (exact) mass is 222 g/mol. The van der Waals surface area contributed by atoms with Crippen LogP contribution in [0.2, 0.25) is 5.15 Å². The molecule has 0 saturated carbocycles. The van der Waals surface area contributed by atoms with E-state index in [-0.39, 0.29) is 0 Å². The third kappa shape index (κ3) is 1.63. The summed E-state index contributed by atoms with van der Waals surface area (Å²) in [4.78, 5) is 15.1. The van der Waals surface area contributed by atoms with Gasteiger partial charge in [-0.25, -0.2) is 4.98 Å². The zero-order valence-corrected chi connectivity index (χ0v) is 9.32. The van der Waals surface area contributed by atoms with Crippen LogP contribution in [0, 0.1) is 0 Å². The zero-order chi connectivity index (χ0) is 11.0. The fraction of sp³-hybridized carbons (Fsp3) is 0.273. The summed E-state index contributed by atoms with van der Waals surface area (Å²) in [6.07, 6.45) is 2.74. The maximum atomic E-state index is 10.9. The van der Waals surface area contributed by atoms with Gasteiger partial charge in [-0.3, -0.25) is 4.79 Å². The number of rotatable bonds is 2. The number of hydrogen-bond acceptors (Lipinski definition) is 2. The van der Waals surface area contributed by atoms with Crippen molar-refractivity contribution in [1.82, 2.24) is 9.55 Å². The molecule has 4 heteroatoms. The van der Waals surface area contributed by atoms with Gasteiger partial charge in [0.2, 0.25) is 0 Å². The normalized spacial score (nSPS) is 11.2. The second-order valence-corrected chi connectivity index (χ2v) is 4.09. The predicted octanol–water partition coefficient (Wildman–Crippen LogP) is 3.08. The lowest BCUT2D eigenvalue weighted by Gasteiger charge is -2.10. The van der Waals surface area contributed by atoms with E-state index in [0.29, 0.717) is 16.8 Å². The molecular formula is C11H11ClN2O. The van der Waals surface area contributed by atoms with Crippen LogP contribution in [-0.2, 0) is 0 Å². The Bertz CT molecular complexity index is 517. The van der Waals surface area contributed by atoms with Gasteiger partial charge in [-0.2, -0.15) is 0 Å². The van der Waals surface area contributed by atoms with Gasteiger partial charge in [-0.05, 0) is 26.0 Å². The Morgan fingerprint density at radius 3 is 2.87 bits per heavy atom. The average Bonchev–Trinajstić information content (AvgIpc) is 2.59. The lowest BCUT2D eigenvalue weighted by atomic mass is 10.2. The van der Waals surface area contributed by atoms with Crippen LogP contribution in [0.3, 0.4) is 0 Å². The molecule has 0 spiro atoms. The molecule has 0 aliphatic carbocycles. The van der Waals surface area contributed by atoms with Crippen molar-refractivity contribution in [3.63, 3.8) is 0 Å². The van der Waals surface area contributed by atoms with E-state index in [9.17, 15) is 4.79 Å². The van der Waals surface area contributed by atoms with Gasteiger partial charge in [0, 0.05) is 17.8 Å². The molecule has 0 bridgehead atoms. The topological polar surface area (TPSA) is 34.9 Å². The van der Waals surface area contributed by atoms with Gasteiger partial charge in [0.15, 0.2) is 6.29 Å². The first-order valence-corrected chi connectivity index (χ1v) is 5.13. The van der Waals surface area contributed by atoms with Crippen molar-refractivity contribution < 1.29 is 4.79 Å². The van der Waals surface area contributed by atoms with Crippen LogP contribution in [-0.4, -0.2) is 15.8 Å². The number of carbonyl (C=O) groups excluding carboxylic acids is 1. The Morgan fingerprint density at radius 1 is 1.53 bits per heavy atom. The zero-order valence-electron chi connectivity index (χ0n) is 8.57. The number of aromatic nitrogens is 2. The summed E-state index contributed by atoms with van der Waals surface area (Å²) in [5.41, 5.74) is 2.20. The fourth-order valence-electron chi connectivity index (χ4n) is 1.69. The van der Waals surface area contributed by atoms with Gasteiger partial charge < -0.3 is 4.57 Å². The maximum absolute atomic E-state index is 10.9. The van der Waals surface area contributed by atoms with Crippen molar-refractivity contribution in [2.24, 2.45) is 0 Å². The van der Waals surface area contributed by atoms with Gasteiger partial charge in [0.1, 0.15) is 5.15 Å². The molecule has 78 valence electrons. The highest BCUT2D eigenvalue weighted by Crippen LogP contribution is 2.23. The first-order chi connectivity index (χ1) is 7.13. The molecule has 0 aromatic carbocycles. The molecule has 0 unspecified atom stereocenters. The second-order valence-electron chi connectivity index (χ2n) is 3.70. The van der Waals surface area contributed by atoms with E-state index >= 15 is 0 Å². The summed E-state index contributed by atoms with van der Waals surface area (Å²) in [6.45, 7) is 4.12. The first-order valence-electron chi connectivity index (χ1n) is 4.75. The van der Waals surface area contributed by atoms with Crippen molar-refractivity contribution in [3.8, 4) is 0 Å². The maximum Gasteiger partial charge on any atom is 0.152 e. The number of carbonyl (C=O) groups is 1. The molecule has 0 aliphatic heterocycles. The smallest absolute Gasteiger partial charge is 0.152 e. The molecule has 2 heterocycles. The van der Waals surface area contributed by atoms with E-state index in [4.69, 9.17) is 11.6 Å². The number of aldehydes is 1. The quantitative estimate of drug-likeness (QED) is 0.578. The summed E-state index contributed by atoms with van der Waals surface area (Å²) in [7, 11) is 0.